The lowest BCUT2D eigenvalue weighted by atomic mass is 10.2. The van der Waals surface area contributed by atoms with E-state index in [9.17, 15) is 4.79 Å². The topological polar surface area (TPSA) is 74.8 Å². The molecule has 22 heavy (non-hydrogen) atoms. The second kappa shape index (κ2) is 14.2. The molecule has 0 saturated heterocycles. The van der Waals surface area contributed by atoms with Crippen LogP contribution in [-0.4, -0.2) is 55.8 Å². The zero-order valence-corrected chi connectivity index (χ0v) is 17.5. The van der Waals surface area contributed by atoms with Gasteiger partial charge in [0.25, 0.3) is 0 Å². The summed E-state index contributed by atoms with van der Waals surface area (Å²) in [6.45, 7) is 10.5. The summed E-state index contributed by atoms with van der Waals surface area (Å²) in [5, 5.41) is 9.17. The first kappa shape index (κ1) is 23.9. The van der Waals surface area contributed by atoms with E-state index in [1.165, 1.54) is 0 Å². The average Bonchev–Trinajstić information content (AvgIpc) is 2.36. The van der Waals surface area contributed by atoms with Crippen LogP contribution in [0, 0.1) is 0 Å². The lowest BCUT2D eigenvalue weighted by Crippen LogP contribution is -2.38. The normalized spacial score (nSPS) is 11.4. The number of hydrogen-bond acceptors (Lipinski definition) is 4. The molecular weight excluding hydrogens is 415 g/mol. The fourth-order valence-electron chi connectivity index (χ4n) is 1.39. The Hall–Kier alpha value is -0.380. The maximum atomic E-state index is 11.4. The van der Waals surface area contributed by atoms with Crippen molar-refractivity contribution < 1.29 is 9.53 Å². The van der Waals surface area contributed by atoms with Gasteiger partial charge in [-0.25, -0.2) is 4.79 Å². The Bertz CT molecular complexity index is 322. The molecule has 0 aromatic rings. The Morgan fingerprint density at radius 3 is 2.41 bits per heavy atom. The molecule has 0 fully saturated rings. The van der Waals surface area contributed by atoms with E-state index in [1.54, 1.807) is 11.8 Å². The lowest BCUT2D eigenvalue weighted by molar-refractivity contribution is 0.0527. The summed E-state index contributed by atoms with van der Waals surface area (Å²) in [7, 11) is 0. The number of nitrogens with one attached hydrogen (secondary N) is 3. The van der Waals surface area contributed by atoms with Crippen LogP contribution < -0.4 is 16.0 Å². The van der Waals surface area contributed by atoms with Crippen LogP contribution in [0.1, 0.15) is 34.1 Å². The predicted molar refractivity (Wildman–Crippen MR) is 107 cm³/mol. The summed E-state index contributed by atoms with van der Waals surface area (Å²) in [5.41, 5.74) is -0.457. The first-order chi connectivity index (χ1) is 9.89. The molecule has 0 bridgehead atoms. The summed E-state index contributed by atoms with van der Waals surface area (Å²) in [6.07, 6.45) is 2.48. The molecule has 0 heterocycles. The van der Waals surface area contributed by atoms with Gasteiger partial charge < -0.3 is 20.7 Å². The third-order valence-corrected chi connectivity index (χ3v) is 2.83. The number of halogens is 1. The van der Waals surface area contributed by atoms with E-state index in [1.807, 2.05) is 27.7 Å². The summed E-state index contributed by atoms with van der Waals surface area (Å²) >= 11 is 1.79. The molecule has 132 valence electrons. The van der Waals surface area contributed by atoms with Crippen LogP contribution in [-0.2, 0) is 4.74 Å². The molecule has 6 nitrogen and oxygen atoms in total. The summed E-state index contributed by atoms with van der Waals surface area (Å²) < 4.78 is 5.16. The number of thioether (sulfide) groups is 1. The minimum atomic E-state index is -0.457. The molecule has 0 atom stereocenters. The van der Waals surface area contributed by atoms with E-state index in [-0.39, 0.29) is 30.1 Å². The number of ether oxygens (including phenoxy) is 1. The molecule has 0 saturated carbocycles. The summed E-state index contributed by atoms with van der Waals surface area (Å²) in [4.78, 5) is 15.9. The van der Waals surface area contributed by atoms with Gasteiger partial charge in [-0.15, -0.1) is 24.0 Å². The number of hydrogen-bond donors (Lipinski definition) is 3. The van der Waals surface area contributed by atoms with Crippen molar-refractivity contribution in [3.63, 3.8) is 0 Å². The van der Waals surface area contributed by atoms with Crippen LogP contribution in [0.5, 0.6) is 0 Å². The van der Waals surface area contributed by atoms with Crippen molar-refractivity contribution in [3.05, 3.63) is 0 Å². The van der Waals surface area contributed by atoms with Gasteiger partial charge in [-0.3, -0.25) is 4.99 Å². The first-order valence-corrected chi connectivity index (χ1v) is 8.76. The van der Waals surface area contributed by atoms with Gasteiger partial charge in [0, 0.05) is 31.9 Å². The van der Waals surface area contributed by atoms with Crippen molar-refractivity contribution in [2.75, 3.05) is 38.2 Å². The number of carbonyl (C=O) groups excluding carboxylic acids is 1. The van der Waals surface area contributed by atoms with Gasteiger partial charge in [0.2, 0.25) is 0 Å². The predicted octanol–water partition coefficient (Wildman–Crippen LogP) is 2.44. The van der Waals surface area contributed by atoms with Gasteiger partial charge in [0.15, 0.2) is 5.96 Å². The third-order valence-electron chi connectivity index (χ3n) is 2.22. The van der Waals surface area contributed by atoms with Gasteiger partial charge in [-0.1, -0.05) is 0 Å². The largest absolute Gasteiger partial charge is 0.444 e. The minimum Gasteiger partial charge on any atom is -0.444 e. The van der Waals surface area contributed by atoms with Crippen LogP contribution in [0.4, 0.5) is 4.79 Å². The quantitative estimate of drug-likeness (QED) is 0.231. The van der Waals surface area contributed by atoms with E-state index in [0.29, 0.717) is 13.1 Å². The van der Waals surface area contributed by atoms with Crippen molar-refractivity contribution in [3.8, 4) is 0 Å². The van der Waals surface area contributed by atoms with E-state index >= 15 is 0 Å². The number of amides is 1. The van der Waals surface area contributed by atoms with Crippen LogP contribution >= 0.6 is 35.7 Å². The monoisotopic (exact) mass is 446 g/mol. The molecule has 0 aliphatic carbocycles. The zero-order chi connectivity index (χ0) is 16.1. The first-order valence-electron chi connectivity index (χ1n) is 7.37. The molecule has 0 aliphatic rings. The fourth-order valence-corrected chi connectivity index (χ4v) is 1.69. The van der Waals surface area contributed by atoms with E-state index in [0.717, 1.165) is 31.2 Å². The molecule has 0 aromatic heterocycles. The number of guanidine groups is 1. The van der Waals surface area contributed by atoms with Gasteiger partial charge in [0.05, 0.1) is 0 Å². The van der Waals surface area contributed by atoms with Crippen molar-refractivity contribution in [2.24, 2.45) is 4.99 Å². The molecular formula is C14H31IN4O2S. The average molecular weight is 446 g/mol. The fraction of sp³-hybridized carbons (Fsp3) is 0.857. The number of carbonyl (C=O) groups is 1. The van der Waals surface area contributed by atoms with Crippen LogP contribution in [0.15, 0.2) is 4.99 Å². The highest BCUT2D eigenvalue weighted by atomic mass is 127. The SMILES string of the molecule is CCNC(=NCCCNC(=O)OC(C)(C)C)NCCSC.I. The van der Waals surface area contributed by atoms with Crippen molar-refractivity contribution in [2.45, 2.75) is 39.7 Å². The van der Waals surface area contributed by atoms with Gasteiger partial charge in [0.1, 0.15) is 5.60 Å². The maximum Gasteiger partial charge on any atom is 0.407 e. The number of aliphatic imine (C=N–C) groups is 1. The van der Waals surface area contributed by atoms with Crippen molar-refractivity contribution in [1.29, 1.82) is 0 Å². The molecule has 0 rings (SSSR count). The molecule has 3 N–H and O–H groups in total. The minimum absolute atomic E-state index is 0. The summed E-state index contributed by atoms with van der Waals surface area (Å²) in [5.74, 6) is 1.87. The van der Waals surface area contributed by atoms with Crippen molar-refractivity contribution in [1.82, 2.24) is 16.0 Å². The molecule has 0 aliphatic heterocycles. The highest BCUT2D eigenvalue weighted by Gasteiger charge is 2.15. The second-order valence-electron chi connectivity index (χ2n) is 5.46. The van der Waals surface area contributed by atoms with Crippen LogP contribution in [0.2, 0.25) is 0 Å². The molecule has 0 spiro atoms. The molecule has 0 radical (unpaired) electrons. The number of alkyl carbamates (subject to hydrolysis) is 1. The Kier molecular flexibility index (Phi) is 15.4. The van der Waals surface area contributed by atoms with Gasteiger partial charge >= 0.3 is 6.09 Å². The Morgan fingerprint density at radius 2 is 1.86 bits per heavy atom. The third kappa shape index (κ3) is 16.0. The highest BCUT2D eigenvalue weighted by molar-refractivity contribution is 14.0. The second-order valence-corrected chi connectivity index (χ2v) is 6.45. The number of nitrogens with zero attached hydrogens (tertiary/aromatic N) is 1. The van der Waals surface area contributed by atoms with E-state index in [2.05, 4.69) is 27.2 Å². The number of rotatable bonds is 8. The van der Waals surface area contributed by atoms with Gasteiger partial charge in [-0.2, -0.15) is 11.8 Å². The Morgan fingerprint density at radius 1 is 1.18 bits per heavy atom. The maximum absolute atomic E-state index is 11.4. The van der Waals surface area contributed by atoms with Gasteiger partial charge in [-0.05, 0) is 40.4 Å². The molecule has 1 amide bonds. The van der Waals surface area contributed by atoms with Crippen LogP contribution in [0.3, 0.4) is 0 Å². The molecule has 0 aromatic carbocycles. The van der Waals surface area contributed by atoms with Crippen LogP contribution in [0.25, 0.3) is 0 Å². The standard InChI is InChI=1S/C14H30N4O2S.HI/c1-6-15-12(17-10-11-21-5)16-8-7-9-18-13(19)20-14(2,3)4;/h6-11H2,1-5H3,(H,18,19)(H2,15,16,17);1H. The molecule has 0 unspecified atom stereocenters. The Balaban J connectivity index is 0. The molecule has 8 heteroatoms. The van der Waals surface area contributed by atoms with Crippen molar-refractivity contribution >= 4 is 47.8 Å². The van der Waals surface area contributed by atoms with E-state index < -0.39 is 5.60 Å². The lowest BCUT2D eigenvalue weighted by Gasteiger charge is -2.19. The summed E-state index contributed by atoms with van der Waals surface area (Å²) in [6, 6.07) is 0. The highest BCUT2D eigenvalue weighted by Crippen LogP contribution is 2.06. The van der Waals surface area contributed by atoms with E-state index in [4.69, 9.17) is 4.74 Å². The smallest absolute Gasteiger partial charge is 0.407 e. The Labute approximate surface area is 156 Å². The zero-order valence-electron chi connectivity index (χ0n) is 14.3.